The van der Waals surface area contributed by atoms with Gasteiger partial charge in [-0.25, -0.2) is 0 Å². The average molecular weight is 442 g/mol. The SMILES string of the molecule is COc1ccc2[nH]cc(SCCNCCCCN3C(=O)C4C5C=CC(O5)C4C3=O)c2c1. The number of fused-ring (bicyclic) bond motifs is 6. The summed E-state index contributed by atoms with van der Waals surface area (Å²) in [4.78, 5) is 31.2. The van der Waals surface area contributed by atoms with Gasteiger partial charge in [-0.05, 0) is 37.6 Å². The summed E-state index contributed by atoms with van der Waals surface area (Å²) < 4.78 is 11.0. The first-order valence-corrected chi connectivity index (χ1v) is 11.8. The summed E-state index contributed by atoms with van der Waals surface area (Å²) in [6.45, 7) is 2.29. The van der Waals surface area contributed by atoms with Crippen molar-refractivity contribution in [2.75, 3.05) is 32.5 Å². The van der Waals surface area contributed by atoms with Crippen molar-refractivity contribution in [2.24, 2.45) is 11.8 Å². The molecule has 0 saturated carbocycles. The Bertz CT molecular complexity index is 989. The van der Waals surface area contributed by atoms with Crippen LogP contribution in [0.2, 0.25) is 0 Å². The maximum Gasteiger partial charge on any atom is 0.236 e. The standard InChI is InChI=1S/C23H27N3O4S/c1-29-14-4-5-16-15(12-14)19(13-25-16)31-11-9-24-8-2-3-10-26-22(27)20-17-6-7-18(30-17)21(20)23(26)28/h4-7,12-13,17-18,20-21,24-25H,2-3,8-11H2,1H3. The summed E-state index contributed by atoms with van der Waals surface area (Å²) in [7, 11) is 1.68. The Hall–Kier alpha value is -2.29. The molecule has 1 aromatic heterocycles. The van der Waals surface area contributed by atoms with E-state index in [9.17, 15) is 9.59 Å². The molecule has 2 saturated heterocycles. The van der Waals surface area contributed by atoms with E-state index in [1.807, 2.05) is 42.2 Å². The van der Waals surface area contributed by atoms with Gasteiger partial charge in [0.05, 0.1) is 31.2 Å². The molecule has 2 N–H and O–H groups in total. The molecule has 0 radical (unpaired) electrons. The molecule has 164 valence electrons. The highest BCUT2D eigenvalue weighted by Crippen LogP contribution is 2.45. The number of rotatable bonds is 10. The van der Waals surface area contributed by atoms with E-state index in [4.69, 9.17) is 9.47 Å². The second-order valence-electron chi connectivity index (χ2n) is 8.20. The predicted molar refractivity (Wildman–Crippen MR) is 119 cm³/mol. The predicted octanol–water partition coefficient (Wildman–Crippen LogP) is 2.58. The number of aromatic amines is 1. The van der Waals surface area contributed by atoms with E-state index in [2.05, 4.69) is 16.4 Å². The lowest BCUT2D eigenvalue weighted by Gasteiger charge is -2.17. The molecular weight excluding hydrogens is 414 g/mol. The lowest BCUT2D eigenvalue weighted by atomic mass is 9.85. The quantitative estimate of drug-likeness (QED) is 0.255. The van der Waals surface area contributed by atoms with Crippen LogP contribution >= 0.6 is 11.8 Å². The van der Waals surface area contributed by atoms with Crippen LogP contribution in [0.4, 0.5) is 0 Å². The summed E-state index contributed by atoms with van der Waals surface area (Å²) in [5.74, 6) is 1.15. The molecule has 0 aliphatic carbocycles. The van der Waals surface area contributed by atoms with Gasteiger partial charge in [0.1, 0.15) is 5.75 Å². The highest BCUT2D eigenvalue weighted by molar-refractivity contribution is 7.99. The number of methoxy groups -OCH3 is 1. The van der Waals surface area contributed by atoms with Gasteiger partial charge in [-0.3, -0.25) is 14.5 Å². The minimum absolute atomic E-state index is 0.0495. The minimum Gasteiger partial charge on any atom is -0.497 e. The highest BCUT2D eigenvalue weighted by atomic mass is 32.2. The van der Waals surface area contributed by atoms with E-state index < -0.39 is 0 Å². The maximum atomic E-state index is 12.6. The number of hydrogen-bond donors (Lipinski definition) is 2. The molecule has 31 heavy (non-hydrogen) atoms. The van der Waals surface area contributed by atoms with Gasteiger partial charge in [-0.15, -0.1) is 11.8 Å². The Labute approximate surface area is 185 Å². The number of hydrogen-bond acceptors (Lipinski definition) is 6. The molecule has 5 rings (SSSR count). The Balaban J connectivity index is 0.999. The van der Waals surface area contributed by atoms with Gasteiger partial charge in [0.25, 0.3) is 0 Å². The van der Waals surface area contributed by atoms with Crippen molar-refractivity contribution in [1.82, 2.24) is 15.2 Å². The number of amides is 2. The van der Waals surface area contributed by atoms with Crippen LogP contribution in [0.15, 0.2) is 41.4 Å². The zero-order chi connectivity index (χ0) is 21.4. The van der Waals surface area contributed by atoms with Crippen molar-refractivity contribution in [3.63, 3.8) is 0 Å². The van der Waals surface area contributed by atoms with Crippen LogP contribution in [0.25, 0.3) is 10.9 Å². The third-order valence-corrected chi connectivity index (χ3v) is 7.43. The molecule has 2 amide bonds. The van der Waals surface area contributed by atoms with E-state index >= 15 is 0 Å². The fourth-order valence-corrected chi connectivity index (χ4v) is 5.72. The third-order valence-electron chi connectivity index (χ3n) is 6.37. The number of unbranched alkanes of at least 4 members (excludes halogenated alkanes) is 1. The summed E-state index contributed by atoms with van der Waals surface area (Å²) in [5.41, 5.74) is 1.11. The Kier molecular flexibility index (Phi) is 5.77. The largest absolute Gasteiger partial charge is 0.497 e. The molecule has 3 aliphatic heterocycles. The maximum absolute atomic E-state index is 12.6. The zero-order valence-electron chi connectivity index (χ0n) is 17.5. The van der Waals surface area contributed by atoms with Crippen LogP contribution in [0, 0.1) is 11.8 Å². The van der Waals surface area contributed by atoms with Gasteiger partial charge in [-0.1, -0.05) is 12.2 Å². The Morgan fingerprint density at radius 3 is 2.65 bits per heavy atom. The number of aromatic nitrogens is 1. The molecule has 4 atom stereocenters. The third kappa shape index (κ3) is 3.77. The van der Waals surface area contributed by atoms with Gasteiger partial charge in [0.15, 0.2) is 0 Å². The van der Waals surface area contributed by atoms with Crippen LogP contribution in [0.5, 0.6) is 5.75 Å². The molecule has 7 nitrogen and oxygen atoms in total. The topological polar surface area (TPSA) is 83.7 Å². The molecule has 1 aromatic carbocycles. The molecular formula is C23H27N3O4S. The summed E-state index contributed by atoms with van der Waals surface area (Å²) in [5, 5.41) is 4.64. The second kappa shape index (κ2) is 8.68. The molecule has 3 aliphatic rings. The number of carbonyl (C=O) groups excluding carboxylic acids is 2. The summed E-state index contributed by atoms with van der Waals surface area (Å²) >= 11 is 1.81. The van der Waals surface area contributed by atoms with Gasteiger partial charge in [-0.2, -0.15) is 0 Å². The van der Waals surface area contributed by atoms with Crippen molar-refractivity contribution in [1.29, 1.82) is 0 Å². The Morgan fingerprint density at radius 2 is 1.90 bits per heavy atom. The highest BCUT2D eigenvalue weighted by Gasteiger charge is 2.60. The Morgan fingerprint density at radius 1 is 1.13 bits per heavy atom. The average Bonchev–Trinajstić information content (AvgIpc) is 3.55. The van der Waals surface area contributed by atoms with Crippen LogP contribution in [0.3, 0.4) is 0 Å². The smallest absolute Gasteiger partial charge is 0.236 e. The van der Waals surface area contributed by atoms with E-state index in [1.165, 1.54) is 15.2 Å². The van der Waals surface area contributed by atoms with Crippen LogP contribution in [0.1, 0.15) is 12.8 Å². The van der Waals surface area contributed by atoms with E-state index in [1.54, 1.807) is 7.11 Å². The van der Waals surface area contributed by atoms with Gasteiger partial charge in [0, 0.05) is 40.8 Å². The number of imide groups is 1. The lowest BCUT2D eigenvalue weighted by molar-refractivity contribution is -0.142. The van der Waals surface area contributed by atoms with Crippen LogP contribution < -0.4 is 10.1 Å². The number of nitrogens with zero attached hydrogens (tertiary/aromatic N) is 1. The van der Waals surface area contributed by atoms with Crippen molar-refractivity contribution < 1.29 is 19.1 Å². The first-order valence-electron chi connectivity index (χ1n) is 10.8. The monoisotopic (exact) mass is 441 g/mol. The number of benzene rings is 1. The van der Waals surface area contributed by atoms with Gasteiger partial charge < -0.3 is 19.8 Å². The molecule has 8 heteroatoms. The number of thioether (sulfide) groups is 1. The van der Waals surface area contributed by atoms with Gasteiger partial charge >= 0.3 is 0 Å². The number of H-pyrrole nitrogens is 1. The molecule has 4 unspecified atom stereocenters. The van der Waals surface area contributed by atoms with Crippen molar-refractivity contribution in [2.45, 2.75) is 29.9 Å². The molecule has 0 spiro atoms. The van der Waals surface area contributed by atoms with Crippen LogP contribution in [-0.4, -0.2) is 66.4 Å². The normalized spacial score (nSPS) is 26.4. The molecule has 2 fully saturated rings. The first-order chi connectivity index (χ1) is 15.2. The number of nitrogens with one attached hydrogen (secondary N) is 2. The lowest BCUT2D eigenvalue weighted by Crippen LogP contribution is -2.35. The zero-order valence-corrected chi connectivity index (χ0v) is 18.3. The van der Waals surface area contributed by atoms with Crippen molar-refractivity contribution in [3.8, 4) is 5.75 Å². The van der Waals surface area contributed by atoms with Crippen molar-refractivity contribution >= 4 is 34.5 Å². The second-order valence-corrected chi connectivity index (χ2v) is 9.34. The molecule has 2 aromatic rings. The fraction of sp³-hybridized carbons (Fsp3) is 0.478. The van der Waals surface area contributed by atoms with Crippen molar-refractivity contribution in [3.05, 3.63) is 36.5 Å². The number of likely N-dealkylation sites (tertiary alicyclic amines) is 1. The first kappa shape index (κ1) is 20.6. The molecule has 2 bridgehead atoms. The van der Waals surface area contributed by atoms with Crippen LogP contribution in [-0.2, 0) is 14.3 Å². The fourth-order valence-electron chi connectivity index (χ4n) is 4.78. The van der Waals surface area contributed by atoms with E-state index in [-0.39, 0.29) is 35.9 Å². The minimum atomic E-state index is -0.290. The summed E-state index contributed by atoms with van der Waals surface area (Å²) in [6, 6.07) is 6.05. The molecule has 4 heterocycles. The van der Waals surface area contributed by atoms with E-state index in [0.717, 1.165) is 43.0 Å². The van der Waals surface area contributed by atoms with E-state index in [0.29, 0.717) is 6.54 Å². The number of ether oxygens (including phenoxy) is 2. The van der Waals surface area contributed by atoms with Gasteiger partial charge in [0.2, 0.25) is 11.8 Å². The number of carbonyl (C=O) groups is 2. The summed E-state index contributed by atoms with van der Waals surface area (Å²) in [6.07, 6.45) is 7.25.